The maximum Gasteiger partial charge on any atom is 0.222 e. The molecule has 1 rings (SSSR count). The standard InChI is InChI=1S/C10H19NO/c1-4-10(5-6-10)7-11-9(12)8(2)3/h8H,4-7H2,1-3H3,(H,11,12). The molecule has 1 fully saturated rings. The van der Waals surface area contributed by atoms with Gasteiger partial charge in [-0.25, -0.2) is 0 Å². The van der Waals surface area contributed by atoms with Crippen molar-refractivity contribution in [3.63, 3.8) is 0 Å². The second-order valence-corrected chi connectivity index (χ2v) is 4.23. The minimum absolute atomic E-state index is 0.123. The zero-order chi connectivity index (χ0) is 9.19. The monoisotopic (exact) mass is 169 g/mol. The molecular weight excluding hydrogens is 150 g/mol. The first kappa shape index (κ1) is 9.56. The van der Waals surface area contributed by atoms with Gasteiger partial charge in [0.1, 0.15) is 0 Å². The summed E-state index contributed by atoms with van der Waals surface area (Å²) in [6.45, 7) is 6.96. The van der Waals surface area contributed by atoms with Gasteiger partial charge in [0, 0.05) is 12.5 Å². The van der Waals surface area contributed by atoms with Crippen LogP contribution in [0, 0.1) is 11.3 Å². The van der Waals surface area contributed by atoms with Gasteiger partial charge in [0.25, 0.3) is 0 Å². The van der Waals surface area contributed by atoms with Crippen molar-refractivity contribution in [3.05, 3.63) is 0 Å². The van der Waals surface area contributed by atoms with E-state index in [0.29, 0.717) is 5.41 Å². The highest BCUT2D eigenvalue weighted by atomic mass is 16.1. The molecule has 0 aromatic rings. The van der Waals surface area contributed by atoms with E-state index in [1.165, 1.54) is 19.3 Å². The summed E-state index contributed by atoms with van der Waals surface area (Å²) in [5, 5.41) is 3.00. The average molecular weight is 169 g/mol. The number of hydrogen-bond donors (Lipinski definition) is 1. The van der Waals surface area contributed by atoms with Gasteiger partial charge in [-0.1, -0.05) is 20.8 Å². The van der Waals surface area contributed by atoms with Crippen molar-refractivity contribution >= 4 is 5.91 Å². The quantitative estimate of drug-likeness (QED) is 0.684. The molecule has 0 bridgehead atoms. The van der Waals surface area contributed by atoms with Gasteiger partial charge >= 0.3 is 0 Å². The maximum absolute atomic E-state index is 11.2. The molecule has 0 saturated heterocycles. The third-order valence-corrected chi connectivity index (χ3v) is 2.87. The lowest BCUT2D eigenvalue weighted by atomic mass is 10.0. The molecule has 2 heteroatoms. The van der Waals surface area contributed by atoms with E-state index in [-0.39, 0.29) is 11.8 Å². The summed E-state index contributed by atoms with van der Waals surface area (Å²) in [4.78, 5) is 11.2. The fourth-order valence-electron chi connectivity index (χ4n) is 1.31. The van der Waals surface area contributed by atoms with Crippen molar-refractivity contribution in [2.45, 2.75) is 40.0 Å². The number of carbonyl (C=O) groups excluding carboxylic acids is 1. The smallest absolute Gasteiger partial charge is 0.222 e. The predicted octanol–water partition coefficient (Wildman–Crippen LogP) is 1.95. The van der Waals surface area contributed by atoms with Crippen LogP contribution >= 0.6 is 0 Å². The molecule has 0 aromatic carbocycles. The molecule has 0 atom stereocenters. The van der Waals surface area contributed by atoms with Crippen molar-refractivity contribution in [3.8, 4) is 0 Å². The Morgan fingerprint density at radius 1 is 1.50 bits per heavy atom. The van der Waals surface area contributed by atoms with Gasteiger partial charge in [0.15, 0.2) is 0 Å². The summed E-state index contributed by atoms with van der Waals surface area (Å²) in [6.07, 6.45) is 3.79. The van der Waals surface area contributed by atoms with Crippen LogP contribution in [0.4, 0.5) is 0 Å². The summed E-state index contributed by atoms with van der Waals surface area (Å²) in [6, 6.07) is 0. The van der Waals surface area contributed by atoms with E-state index in [0.717, 1.165) is 6.54 Å². The molecule has 12 heavy (non-hydrogen) atoms. The van der Waals surface area contributed by atoms with Crippen LogP contribution < -0.4 is 5.32 Å². The third-order valence-electron chi connectivity index (χ3n) is 2.87. The molecule has 1 N–H and O–H groups in total. The number of nitrogens with one attached hydrogen (secondary N) is 1. The van der Waals surface area contributed by atoms with Crippen molar-refractivity contribution in [1.82, 2.24) is 5.32 Å². The van der Waals surface area contributed by atoms with Crippen molar-refractivity contribution in [1.29, 1.82) is 0 Å². The van der Waals surface area contributed by atoms with Crippen molar-refractivity contribution < 1.29 is 4.79 Å². The Balaban J connectivity index is 2.21. The highest BCUT2D eigenvalue weighted by Gasteiger charge is 2.40. The van der Waals surface area contributed by atoms with E-state index in [9.17, 15) is 4.79 Å². The van der Waals surface area contributed by atoms with Crippen LogP contribution in [0.25, 0.3) is 0 Å². The topological polar surface area (TPSA) is 29.1 Å². The Hall–Kier alpha value is -0.530. The third kappa shape index (κ3) is 2.23. The van der Waals surface area contributed by atoms with Gasteiger partial charge in [-0.2, -0.15) is 0 Å². The Labute approximate surface area is 74.7 Å². The van der Waals surface area contributed by atoms with E-state index in [4.69, 9.17) is 0 Å². The normalized spacial score (nSPS) is 19.3. The van der Waals surface area contributed by atoms with Crippen LogP contribution in [0.15, 0.2) is 0 Å². The van der Waals surface area contributed by atoms with Gasteiger partial charge in [-0.3, -0.25) is 4.79 Å². The van der Waals surface area contributed by atoms with E-state index >= 15 is 0 Å². The van der Waals surface area contributed by atoms with E-state index in [2.05, 4.69) is 12.2 Å². The molecule has 1 amide bonds. The molecule has 0 heterocycles. The Kier molecular flexibility index (Phi) is 2.76. The van der Waals surface area contributed by atoms with Gasteiger partial charge in [0.05, 0.1) is 0 Å². The lowest BCUT2D eigenvalue weighted by Crippen LogP contribution is -2.32. The largest absolute Gasteiger partial charge is 0.355 e. The SMILES string of the molecule is CCC1(CNC(=O)C(C)C)CC1. The fraction of sp³-hybridized carbons (Fsp3) is 0.900. The first-order chi connectivity index (χ1) is 5.59. The van der Waals surface area contributed by atoms with Crippen molar-refractivity contribution in [2.75, 3.05) is 6.54 Å². The molecular formula is C10H19NO. The van der Waals surface area contributed by atoms with Gasteiger partial charge in [-0.05, 0) is 24.7 Å². The van der Waals surface area contributed by atoms with Crippen LogP contribution in [0.5, 0.6) is 0 Å². The fourth-order valence-corrected chi connectivity index (χ4v) is 1.31. The summed E-state index contributed by atoms with van der Waals surface area (Å²) in [5.74, 6) is 0.312. The van der Waals surface area contributed by atoms with Gasteiger partial charge < -0.3 is 5.32 Å². The van der Waals surface area contributed by atoms with Crippen LogP contribution in [0.1, 0.15) is 40.0 Å². The molecule has 0 radical (unpaired) electrons. The lowest BCUT2D eigenvalue weighted by Gasteiger charge is -2.14. The average Bonchev–Trinajstić information content (AvgIpc) is 2.81. The molecule has 1 aliphatic carbocycles. The Bertz CT molecular complexity index is 171. The van der Waals surface area contributed by atoms with Crippen molar-refractivity contribution in [2.24, 2.45) is 11.3 Å². The summed E-state index contributed by atoms with van der Waals surface area (Å²) in [5.41, 5.74) is 0.477. The summed E-state index contributed by atoms with van der Waals surface area (Å²) in [7, 11) is 0. The first-order valence-electron chi connectivity index (χ1n) is 4.87. The zero-order valence-electron chi connectivity index (χ0n) is 8.31. The second kappa shape index (κ2) is 3.46. The minimum Gasteiger partial charge on any atom is -0.355 e. The highest BCUT2D eigenvalue weighted by molar-refractivity contribution is 5.77. The number of rotatable bonds is 4. The van der Waals surface area contributed by atoms with Crippen LogP contribution in [0.3, 0.4) is 0 Å². The van der Waals surface area contributed by atoms with E-state index in [1.807, 2.05) is 13.8 Å². The lowest BCUT2D eigenvalue weighted by molar-refractivity contribution is -0.124. The second-order valence-electron chi connectivity index (χ2n) is 4.23. The molecule has 0 spiro atoms. The number of carbonyl (C=O) groups is 1. The van der Waals surface area contributed by atoms with Crippen LogP contribution in [0.2, 0.25) is 0 Å². The van der Waals surface area contributed by atoms with Gasteiger partial charge in [0.2, 0.25) is 5.91 Å². The molecule has 1 saturated carbocycles. The van der Waals surface area contributed by atoms with E-state index < -0.39 is 0 Å². The maximum atomic E-state index is 11.2. The molecule has 2 nitrogen and oxygen atoms in total. The number of hydrogen-bond acceptors (Lipinski definition) is 1. The van der Waals surface area contributed by atoms with Gasteiger partial charge in [-0.15, -0.1) is 0 Å². The predicted molar refractivity (Wildman–Crippen MR) is 49.8 cm³/mol. The highest BCUT2D eigenvalue weighted by Crippen LogP contribution is 2.47. The summed E-state index contributed by atoms with van der Waals surface area (Å²) < 4.78 is 0. The Morgan fingerprint density at radius 3 is 2.42 bits per heavy atom. The zero-order valence-corrected chi connectivity index (χ0v) is 8.31. The molecule has 0 aliphatic heterocycles. The molecule has 0 aromatic heterocycles. The van der Waals surface area contributed by atoms with Crippen LogP contribution in [-0.2, 0) is 4.79 Å². The van der Waals surface area contributed by atoms with E-state index in [1.54, 1.807) is 0 Å². The molecule has 70 valence electrons. The molecule has 0 unspecified atom stereocenters. The summed E-state index contributed by atoms with van der Waals surface area (Å²) >= 11 is 0. The minimum atomic E-state index is 0.123. The van der Waals surface area contributed by atoms with Crippen LogP contribution in [-0.4, -0.2) is 12.5 Å². The Morgan fingerprint density at radius 2 is 2.08 bits per heavy atom. The number of amides is 1. The first-order valence-corrected chi connectivity index (χ1v) is 4.87. The molecule has 1 aliphatic rings.